The smallest absolute Gasteiger partial charge is 0.262 e. The Labute approximate surface area is 125 Å². The molecule has 22 heavy (non-hydrogen) atoms. The van der Waals surface area contributed by atoms with Crippen molar-refractivity contribution in [2.75, 3.05) is 11.9 Å². The lowest BCUT2D eigenvalue weighted by atomic mass is 10.2. The molecule has 0 aliphatic carbocycles. The first-order chi connectivity index (χ1) is 10.7. The van der Waals surface area contributed by atoms with E-state index >= 15 is 0 Å². The van der Waals surface area contributed by atoms with Crippen LogP contribution >= 0.6 is 0 Å². The van der Waals surface area contributed by atoms with Crippen molar-refractivity contribution in [3.8, 4) is 0 Å². The van der Waals surface area contributed by atoms with Gasteiger partial charge in [-0.1, -0.05) is 12.1 Å². The van der Waals surface area contributed by atoms with E-state index in [1.54, 1.807) is 36.4 Å². The molecule has 0 fully saturated rings. The van der Waals surface area contributed by atoms with Gasteiger partial charge >= 0.3 is 0 Å². The van der Waals surface area contributed by atoms with Crippen LogP contribution in [0, 0.1) is 5.82 Å². The van der Waals surface area contributed by atoms with Gasteiger partial charge in [0.05, 0.1) is 24.1 Å². The Kier molecular flexibility index (Phi) is 3.84. The molecule has 3 aromatic rings. The van der Waals surface area contributed by atoms with E-state index < -0.39 is 0 Å². The van der Waals surface area contributed by atoms with Gasteiger partial charge in [-0.15, -0.1) is 0 Å². The molecule has 0 saturated heterocycles. The van der Waals surface area contributed by atoms with Gasteiger partial charge in [-0.25, -0.2) is 9.37 Å². The number of hydrogen-bond donors (Lipinski definition) is 2. The number of nitrogens with zero attached hydrogens (tertiary/aromatic N) is 2. The molecule has 6 heteroatoms. The van der Waals surface area contributed by atoms with Crippen LogP contribution in [0.25, 0.3) is 10.9 Å². The maximum Gasteiger partial charge on any atom is 0.262 e. The predicted molar refractivity (Wildman–Crippen MR) is 82.8 cm³/mol. The van der Waals surface area contributed by atoms with Crippen LogP contribution in [0.3, 0.4) is 0 Å². The van der Waals surface area contributed by atoms with Gasteiger partial charge in [-0.2, -0.15) is 0 Å². The lowest BCUT2D eigenvalue weighted by Gasteiger charge is -2.14. The van der Waals surface area contributed by atoms with Crippen molar-refractivity contribution in [2.45, 2.75) is 6.54 Å². The van der Waals surface area contributed by atoms with E-state index in [1.807, 2.05) is 0 Å². The topological polar surface area (TPSA) is 67.2 Å². The summed E-state index contributed by atoms with van der Waals surface area (Å²) in [5.41, 5.74) is 0.936. The largest absolute Gasteiger partial charge is 0.395 e. The van der Waals surface area contributed by atoms with E-state index in [0.29, 0.717) is 22.5 Å². The molecule has 1 heterocycles. The fourth-order valence-corrected chi connectivity index (χ4v) is 2.23. The van der Waals surface area contributed by atoms with Gasteiger partial charge in [-0.05, 0) is 36.4 Å². The van der Waals surface area contributed by atoms with Gasteiger partial charge in [0.25, 0.3) is 5.56 Å². The molecule has 0 radical (unpaired) electrons. The monoisotopic (exact) mass is 299 g/mol. The first-order valence-corrected chi connectivity index (χ1v) is 6.82. The number of para-hydroxylation sites is 1. The third-order valence-electron chi connectivity index (χ3n) is 3.29. The Morgan fingerprint density at radius 3 is 2.59 bits per heavy atom. The van der Waals surface area contributed by atoms with E-state index in [0.717, 1.165) is 0 Å². The summed E-state index contributed by atoms with van der Waals surface area (Å²) in [5, 5.41) is 12.7. The number of nitrogens with one attached hydrogen (secondary N) is 1. The number of aliphatic hydroxyl groups excluding tert-OH is 1. The Bertz CT molecular complexity index is 859. The van der Waals surface area contributed by atoms with E-state index in [1.165, 1.54) is 16.7 Å². The van der Waals surface area contributed by atoms with Crippen molar-refractivity contribution in [3.63, 3.8) is 0 Å². The Morgan fingerprint density at radius 1 is 1.14 bits per heavy atom. The zero-order valence-corrected chi connectivity index (χ0v) is 11.7. The summed E-state index contributed by atoms with van der Waals surface area (Å²) in [4.78, 5) is 16.9. The molecule has 0 saturated carbocycles. The number of aromatic nitrogens is 2. The normalized spacial score (nSPS) is 10.8. The zero-order chi connectivity index (χ0) is 15.5. The quantitative estimate of drug-likeness (QED) is 0.775. The summed E-state index contributed by atoms with van der Waals surface area (Å²) in [6.07, 6.45) is 0. The van der Waals surface area contributed by atoms with Crippen LogP contribution in [0.2, 0.25) is 0 Å². The van der Waals surface area contributed by atoms with Crippen molar-refractivity contribution in [1.82, 2.24) is 9.55 Å². The van der Waals surface area contributed by atoms with Crippen LogP contribution in [-0.4, -0.2) is 21.3 Å². The van der Waals surface area contributed by atoms with Gasteiger partial charge in [0, 0.05) is 5.69 Å². The molecule has 0 atom stereocenters. The summed E-state index contributed by atoms with van der Waals surface area (Å²) in [6.45, 7) is -0.0573. The number of fused-ring (bicyclic) bond motifs is 1. The number of anilines is 2. The molecule has 3 rings (SSSR count). The minimum absolute atomic E-state index is 0.125. The Morgan fingerprint density at radius 2 is 1.86 bits per heavy atom. The predicted octanol–water partition coefficient (Wildman–Crippen LogP) is 2.27. The molecule has 0 spiro atoms. The molecule has 1 aromatic heterocycles. The van der Waals surface area contributed by atoms with Gasteiger partial charge in [-0.3, -0.25) is 9.36 Å². The van der Waals surface area contributed by atoms with Gasteiger partial charge in [0.2, 0.25) is 5.95 Å². The summed E-state index contributed by atoms with van der Waals surface area (Å²) in [7, 11) is 0. The molecule has 2 aromatic carbocycles. The molecule has 0 aliphatic rings. The third kappa shape index (κ3) is 2.68. The molecule has 0 aliphatic heterocycles. The minimum Gasteiger partial charge on any atom is -0.395 e. The van der Waals surface area contributed by atoms with Crippen molar-refractivity contribution in [2.24, 2.45) is 0 Å². The van der Waals surface area contributed by atoms with Crippen LogP contribution in [-0.2, 0) is 6.54 Å². The van der Waals surface area contributed by atoms with Crippen molar-refractivity contribution in [1.29, 1.82) is 0 Å². The number of benzene rings is 2. The molecule has 0 bridgehead atoms. The number of halogens is 1. The van der Waals surface area contributed by atoms with Gasteiger partial charge in [0.1, 0.15) is 5.82 Å². The van der Waals surface area contributed by atoms with Crippen LogP contribution in [0.15, 0.2) is 53.3 Å². The summed E-state index contributed by atoms with van der Waals surface area (Å²) in [5.74, 6) is -0.0332. The molecule has 112 valence electrons. The third-order valence-corrected chi connectivity index (χ3v) is 3.29. The number of rotatable bonds is 4. The van der Waals surface area contributed by atoms with Crippen LogP contribution < -0.4 is 10.9 Å². The van der Waals surface area contributed by atoms with E-state index in [9.17, 15) is 14.3 Å². The van der Waals surface area contributed by atoms with Crippen molar-refractivity contribution < 1.29 is 9.50 Å². The maximum absolute atomic E-state index is 13.0. The highest BCUT2D eigenvalue weighted by molar-refractivity contribution is 5.79. The standard InChI is InChI=1S/C16H14FN3O2/c17-11-5-7-12(8-6-11)18-16-19-14-4-2-1-3-13(14)15(22)20(16)9-10-21/h1-8,21H,9-10H2,(H,18,19). The molecular formula is C16H14FN3O2. The lowest BCUT2D eigenvalue weighted by molar-refractivity contribution is 0.275. The summed E-state index contributed by atoms with van der Waals surface area (Å²) < 4.78 is 14.3. The van der Waals surface area contributed by atoms with E-state index in [-0.39, 0.29) is 24.5 Å². The minimum atomic E-state index is -0.343. The van der Waals surface area contributed by atoms with Gasteiger partial charge < -0.3 is 10.4 Å². The average Bonchev–Trinajstić information content (AvgIpc) is 2.53. The summed E-state index contributed by atoms with van der Waals surface area (Å²) in [6, 6.07) is 12.8. The molecule has 0 amide bonds. The first-order valence-electron chi connectivity index (χ1n) is 6.82. The number of aliphatic hydroxyl groups is 1. The Balaban J connectivity index is 2.12. The maximum atomic E-state index is 13.0. The SMILES string of the molecule is O=c1c2ccccc2nc(Nc2ccc(F)cc2)n1CCO. The fraction of sp³-hybridized carbons (Fsp3) is 0.125. The molecular weight excluding hydrogens is 285 g/mol. The second-order valence-corrected chi connectivity index (χ2v) is 4.76. The van der Waals surface area contributed by atoms with E-state index in [4.69, 9.17) is 0 Å². The average molecular weight is 299 g/mol. The van der Waals surface area contributed by atoms with Crippen LogP contribution in [0.5, 0.6) is 0 Å². The van der Waals surface area contributed by atoms with Crippen molar-refractivity contribution in [3.05, 3.63) is 64.7 Å². The van der Waals surface area contributed by atoms with Crippen LogP contribution in [0.1, 0.15) is 0 Å². The second kappa shape index (κ2) is 5.95. The molecule has 0 unspecified atom stereocenters. The second-order valence-electron chi connectivity index (χ2n) is 4.76. The lowest BCUT2D eigenvalue weighted by Crippen LogP contribution is -2.25. The molecule has 2 N–H and O–H groups in total. The summed E-state index contributed by atoms with van der Waals surface area (Å²) >= 11 is 0. The fourth-order valence-electron chi connectivity index (χ4n) is 2.23. The van der Waals surface area contributed by atoms with Gasteiger partial charge in [0.15, 0.2) is 0 Å². The van der Waals surface area contributed by atoms with Crippen LogP contribution in [0.4, 0.5) is 16.0 Å². The Hall–Kier alpha value is -2.73. The first kappa shape index (κ1) is 14.2. The van der Waals surface area contributed by atoms with E-state index in [2.05, 4.69) is 10.3 Å². The van der Waals surface area contributed by atoms with Crippen molar-refractivity contribution >= 4 is 22.5 Å². The molecule has 5 nitrogen and oxygen atoms in total. The highest BCUT2D eigenvalue weighted by Crippen LogP contribution is 2.17. The highest BCUT2D eigenvalue weighted by Gasteiger charge is 2.10. The highest BCUT2D eigenvalue weighted by atomic mass is 19.1. The number of hydrogen-bond acceptors (Lipinski definition) is 4. The zero-order valence-electron chi connectivity index (χ0n) is 11.7.